The summed E-state index contributed by atoms with van der Waals surface area (Å²) in [6, 6.07) is 14.2. The normalized spacial score (nSPS) is 13.2. The summed E-state index contributed by atoms with van der Waals surface area (Å²) in [4.78, 5) is 6.52. The Balaban J connectivity index is 1.99. The van der Waals surface area contributed by atoms with Crippen LogP contribution in [0, 0.1) is 11.3 Å². The lowest BCUT2D eigenvalue weighted by atomic mass is 10.2. The van der Waals surface area contributed by atoms with Gasteiger partial charge in [0.2, 0.25) is 0 Å². The molecule has 0 radical (unpaired) electrons. The first kappa shape index (κ1) is 9.86. The standard InChI is InChI=1S/C14H11N3/c15-9-11-5-6-14(16-10-11)17-8-7-12-3-1-2-4-13(12)17/h1-6,10H,7-8H2. The van der Waals surface area contributed by atoms with Crippen molar-refractivity contribution in [3.8, 4) is 6.07 Å². The van der Waals surface area contributed by atoms with Gasteiger partial charge in [-0.05, 0) is 30.2 Å². The Bertz CT molecular complexity index is 581. The molecule has 17 heavy (non-hydrogen) atoms. The van der Waals surface area contributed by atoms with Gasteiger partial charge in [-0.2, -0.15) is 5.26 Å². The van der Waals surface area contributed by atoms with Crippen molar-refractivity contribution >= 4 is 11.5 Å². The molecule has 3 heteroatoms. The molecular formula is C14H11N3. The zero-order valence-corrected chi connectivity index (χ0v) is 9.30. The zero-order chi connectivity index (χ0) is 11.7. The maximum atomic E-state index is 8.75. The Morgan fingerprint density at radius 3 is 2.82 bits per heavy atom. The first-order valence-corrected chi connectivity index (χ1v) is 5.60. The zero-order valence-electron chi connectivity index (χ0n) is 9.30. The van der Waals surface area contributed by atoms with E-state index in [2.05, 4.69) is 34.2 Å². The van der Waals surface area contributed by atoms with Crippen LogP contribution in [0.2, 0.25) is 0 Å². The fourth-order valence-corrected chi connectivity index (χ4v) is 2.19. The summed E-state index contributed by atoms with van der Waals surface area (Å²) in [5.74, 6) is 0.911. The maximum absolute atomic E-state index is 8.75. The van der Waals surface area contributed by atoms with Crippen molar-refractivity contribution in [2.24, 2.45) is 0 Å². The average Bonchev–Trinajstić information content (AvgIpc) is 2.83. The number of nitriles is 1. The largest absolute Gasteiger partial charge is 0.326 e. The highest BCUT2D eigenvalue weighted by molar-refractivity contribution is 5.67. The van der Waals surface area contributed by atoms with Crippen LogP contribution in [-0.4, -0.2) is 11.5 Å². The molecule has 1 aliphatic rings. The molecule has 0 N–H and O–H groups in total. The van der Waals surface area contributed by atoms with E-state index in [0.717, 1.165) is 18.8 Å². The van der Waals surface area contributed by atoms with E-state index in [9.17, 15) is 0 Å². The molecule has 2 heterocycles. The summed E-state index contributed by atoms with van der Waals surface area (Å²) in [7, 11) is 0. The predicted molar refractivity (Wildman–Crippen MR) is 66.1 cm³/mol. The minimum atomic E-state index is 0.598. The monoisotopic (exact) mass is 221 g/mol. The second-order valence-electron chi connectivity index (χ2n) is 4.05. The van der Waals surface area contributed by atoms with Gasteiger partial charge in [0.25, 0.3) is 0 Å². The lowest BCUT2D eigenvalue weighted by Crippen LogP contribution is -2.14. The molecule has 2 aromatic rings. The van der Waals surface area contributed by atoms with Crippen LogP contribution >= 0.6 is 0 Å². The third-order valence-electron chi connectivity index (χ3n) is 3.04. The van der Waals surface area contributed by atoms with Crippen LogP contribution in [0.15, 0.2) is 42.6 Å². The van der Waals surface area contributed by atoms with E-state index in [0.29, 0.717) is 5.56 Å². The van der Waals surface area contributed by atoms with Crippen molar-refractivity contribution in [1.29, 1.82) is 5.26 Å². The first-order chi connectivity index (χ1) is 8.38. The number of pyridine rings is 1. The second kappa shape index (κ2) is 3.91. The molecule has 0 aliphatic carbocycles. The van der Waals surface area contributed by atoms with Gasteiger partial charge in [-0.25, -0.2) is 4.98 Å². The molecule has 1 aromatic carbocycles. The highest BCUT2D eigenvalue weighted by Gasteiger charge is 2.20. The minimum absolute atomic E-state index is 0.598. The maximum Gasteiger partial charge on any atom is 0.133 e. The molecule has 0 fully saturated rings. The number of para-hydroxylation sites is 1. The highest BCUT2D eigenvalue weighted by atomic mass is 15.2. The van der Waals surface area contributed by atoms with Crippen LogP contribution in [-0.2, 0) is 6.42 Å². The predicted octanol–water partition coefficient (Wildman–Crippen LogP) is 2.65. The number of rotatable bonds is 1. The SMILES string of the molecule is N#Cc1ccc(N2CCc3ccccc32)nc1. The summed E-state index contributed by atoms with van der Waals surface area (Å²) in [5.41, 5.74) is 3.18. The third kappa shape index (κ3) is 1.64. The number of anilines is 2. The molecular weight excluding hydrogens is 210 g/mol. The fraction of sp³-hybridized carbons (Fsp3) is 0.143. The van der Waals surface area contributed by atoms with Gasteiger partial charge in [-0.3, -0.25) is 0 Å². The van der Waals surface area contributed by atoms with Crippen LogP contribution in [0.5, 0.6) is 0 Å². The Labute approximate surface area is 99.9 Å². The number of benzene rings is 1. The third-order valence-corrected chi connectivity index (χ3v) is 3.04. The summed E-state index contributed by atoms with van der Waals surface area (Å²) >= 11 is 0. The minimum Gasteiger partial charge on any atom is -0.326 e. The van der Waals surface area contributed by atoms with Gasteiger partial charge in [-0.15, -0.1) is 0 Å². The molecule has 0 saturated heterocycles. The molecule has 3 rings (SSSR count). The topological polar surface area (TPSA) is 39.9 Å². The van der Waals surface area contributed by atoms with Crippen molar-refractivity contribution in [2.45, 2.75) is 6.42 Å². The lowest BCUT2D eigenvalue weighted by molar-refractivity contribution is 0.973. The van der Waals surface area contributed by atoms with Gasteiger partial charge in [-0.1, -0.05) is 18.2 Å². The smallest absolute Gasteiger partial charge is 0.133 e. The van der Waals surface area contributed by atoms with Crippen LogP contribution < -0.4 is 4.90 Å². The van der Waals surface area contributed by atoms with E-state index >= 15 is 0 Å². The van der Waals surface area contributed by atoms with Crippen LogP contribution in [0.4, 0.5) is 11.5 Å². The molecule has 0 atom stereocenters. The van der Waals surface area contributed by atoms with Crippen LogP contribution in [0.1, 0.15) is 11.1 Å². The van der Waals surface area contributed by atoms with Gasteiger partial charge in [0, 0.05) is 18.4 Å². The van der Waals surface area contributed by atoms with Crippen molar-refractivity contribution < 1.29 is 0 Å². The first-order valence-electron chi connectivity index (χ1n) is 5.60. The van der Waals surface area contributed by atoms with E-state index in [-0.39, 0.29) is 0 Å². The molecule has 82 valence electrons. The van der Waals surface area contributed by atoms with Gasteiger partial charge in [0.1, 0.15) is 11.9 Å². The summed E-state index contributed by atoms with van der Waals surface area (Å²) in [6.45, 7) is 0.957. The van der Waals surface area contributed by atoms with Crippen molar-refractivity contribution in [2.75, 3.05) is 11.4 Å². The summed E-state index contributed by atoms with van der Waals surface area (Å²) in [5, 5.41) is 8.75. The Hall–Kier alpha value is -2.34. The van der Waals surface area contributed by atoms with Crippen LogP contribution in [0.25, 0.3) is 0 Å². The lowest BCUT2D eigenvalue weighted by Gasteiger charge is -2.17. The highest BCUT2D eigenvalue weighted by Crippen LogP contribution is 2.32. The van der Waals surface area contributed by atoms with E-state index < -0.39 is 0 Å². The molecule has 0 unspecified atom stereocenters. The Morgan fingerprint density at radius 2 is 2.06 bits per heavy atom. The van der Waals surface area contributed by atoms with E-state index in [1.807, 2.05) is 18.2 Å². The van der Waals surface area contributed by atoms with E-state index in [4.69, 9.17) is 5.26 Å². The van der Waals surface area contributed by atoms with Gasteiger partial charge >= 0.3 is 0 Å². The van der Waals surface area contributed by atoms with Crippen molar-refractivity contribution in [3.63, 3.8) is 0 Å². The molecule has 0 bridgehead atoms. The summed E-state index contributed by atoms with van der Waals surface area (Å²) in [6.07, 6.45) is 2.67. The number of fused-ring (bicyclic) bond motifs is 1. The number of hydrogen-bond acceptors (Lipinski definition) is 3. The number of nitrogens with zero attached hydrogens (tertiary/aromatic N) is 3. The van der Waals surface area contributed by atoms with Crippen molar-refractivity contribution in [3.05, 3.63) is 53.7 Å². The Morgan fingerprint density at radius 1 is 1.18 bits per heavy atom. The fourth-order valence-electron chi connectivity index (χ4n) is 2.19. The molecule has 1 aromatic heterocycles. The van der Waals surface area contributed by atoms with Gasteiger partial charge in [0.05, 0.1) is 5.56 Å². The number of aromatic nitrogens is 1. The second-order valence-corrected chi connectivity index (χ2v) is 4.05. The summed E-state index contributed by atoms with van der Waals surface area (Å²) < 4.78 is 0. The molecule has 0 saturated carbocycles. The van der Waals surface area contributed by atoms with Gasteiger partial charge < -0.3 is 4.90 Å². The average molecular weight is 221 g/mol. The van der Waals surface area contributed by atoms with E-state index in [1.165, 1.54) is 11.3 Å². The quantitative estimate of drug-likeness (QED) is 0.743. The number of hydrogen-bond donors (Lipinski definition) is 0. The molecule has 0 spiro atoms. The van der Waals surface area contributed by atoms with Gasteiger partial charge in [0.15, 0.2) is 0 Å². The Kier molecular flexibility index (Phi) is 2.27. The molecule has 0 amide bonds. The van der Waals surface area contributed by atoms with Crippen LogP contribution in [0.3, 0.4) is 0 Å². The molecule has 3 nitrogen and oxygen atoms in total. The van der Waals surface area contributed by atoms with E-state index in [1.54, 1.807) is 6.20 Å². The van der Waals surface area contributed by atoms with Crippen molar-refractivity contribution in [1.82, 2.24) is 4.98 Å². The molecule has 1 aliphatic heterocycles.